The number of fused-ring (bicyclic) bond motifs is 1. The van der Waals surface area contributed by atoms with Crippen LogP contribution in [-0.4, -0.2) is 41.9 Å². The average molecular weight is 225 g/mol. The van der Waals surface area contributed by atoms with Gasteiger partial charge in [-0.3, -0.25) is 5.32 Å². The molecule has 0 spiro atoms. The van der Waals surface area contributed by atoms with Crippen LogP contribution in [0.3, 0.4) is 0 Å². The molecule has 16 heavy (non-hydrogen) atoms. The molecule has 7 nitrogen and oxygen atoms in total. The van der Waals surface area contributed by atoms with E-state index < -0.39 is 0 Å². The maximum absolute atomic E-state index is 11.6. The van der Waals surface area contributed by atoms with Crippen molar-refractivity contribution in [3.05, 3.63) is 17.0 Å². The van der Waals surface area contributed by atoms with E-state index in [0.717, 1.165) is 5.56 Å². The molecule has 0 amide bonds. The fourth-order valence-corrected chi connectivity index (χ4v) is 1.60. The van der Waals surface area contributed by atoms with Gasteiger partial charge >= 0.3 is 0 Å². The summed E-state index contributed by atoms with van der Waals surface area (Å²) in [7, 11) is 1.78. The zero-order chi connectivity index (χ0) is 11.5. The summed E-state index contributed by atoms with van der Waals surface area (Å²) in [4.78, 5) is 10.1. The van der Waals surface area contributed by atoms with Crippen LogP contribution in [0, 0.1) is 5.21 Å². The Morgan fingerprint density at radius 2 is 2.50 bits per heavy atom. The quantitative estimate of drug-likeness (QED) is 0.515. The highest BCUT2D eigenvalue weighted by Gasteiger charge is 2.19. The maximum Gasteiger partial charge on any atom is 0.236 e. The van der Waals surface area contributed by atoms with E-state index in [1.165, 1.54) is 0 Å². The van der Waals surface area contributed by atoms with Crippen LogP contribution in [-0.2, 0) is 6.54 Å². The maximum atomic E-state index is 11.6. The molecule has 1 atom stereocenters. The first kappa shape index (κ1) is 11.2. The summed E-state index contributed by atoms with van der Waals surface area (Å²) in [5.41, 5.74) is 0.831. The second-order valence-corrected chi connectivity index (χ2v) is 3.72. The topological polar surface area (TPSA) is 88.8 Å². The Labute approximate surface area is 93.3 Å². The van der Waals surface area contributed by atoms with E-state index in [2.05, 4.69) is 15.3 Å². The van der Waals surface area contributed by atoms with Crippen molar-refractivity contribution in [2.75, 3.05) is 31.8 Å². The Morgan fingerprint density at radius 1 is 1.69 bits per heavy atom. The lowest BCUT2D eigenvalue weighted by molar-refractivity contribution is -0.786. The van der Waals surface area contributed by atoms with E-state index >= 15 is 0 Å². The predicted octanol–water partition coefficient (Wildman–Crippen LogP) is -2.02. The molecule has 0 aliphatic carbocycles. The van der Waals surface area contributed by atoms with Gasteiger partial charge in [-0.25, -0.2) is 4.98 Å². The molecule has 1 aromatic heterocycles. The third-order valence-electron chi connectivity index (χ3n) is 2.49. The summed E-state index contributed by atoms with van der Waals surface area (Å²) >= 11 is 0. The lowest BCUT2D eigenvalue weighted by Crippen LogP contribution is -3.05. The third-order valence-corrected chi connectivity index (χ3v) is 2.49. The number of likely N-dealkylation sites (N-methyl/N-ethyl adjacent to an activating group) is 1. The van der Waals surface area contributed by atoms with Crippen molar-refractivity contribution in [1.29, 1.82) is 0 Å². The second-order valence-electron chi connectivity index (χ2n) is 3.72. The third kappa shape index (κ3) is 2.12. The van der Waals surface area contributed by atoms with Crippen molar-refractivity contribution in [3.63, 3.8) is 0 Å². The average Bonchev–Trinajstić information content (AvgIpc) is 2.29. The minimum absolute atomic E-state index is 0.0118. The predicted molar refractivity (Wildman–Crippen MR) is 58.1 cm³/mol. The number of nitrogens with one attached hydrogen (secondary N) is 2. The lowest BCUT2D eigenvalue weighted by Gasteiger charge is -2.28. The van der Waals surface area contributed by atoms with Gasteiger partial charge in [0, 0.05) is 26.3 Å². The van der Waals surface area contributed by atoms with Crippen LogP contribution < -0.4 is 15.3 Å². The number of aliphatic hydroxyl groups excluding tert-OH is 1. The fraction of sp³-hybridized carbons (Fsp3) is 0.556. The molecule has 1 unspecified atom stereocenters. The van der Waals surface area contributed by atoms with Gasteiger partial charge in [0.05, 0.1) is 12.2 Å². The molecule has 1 aliphatic rings. The number of anilines is 1. The number of quaternary nitrogens is 1. The molecule has 2 rings (SSSR count). The van der Waals surface area contributed by atoms with Gasteiger partial charge in [-0.1, -0.05) is 0 Å². The van der Waals surface area contributed by atoms with Crippen LogP contribution >= 0.6 is 0 Å². The van der Waals surface area contributed by atoms with Crippen LogP contribution in [0.4, 0.5) is 11.8 Å². The monoisotopic (exact) mass is 225 g/mol. The molecule has 7 heteroatoms. The standard InChI is InChI=1S/C9H15N5O2/c1-13(2-3-15)9-11-5-7-4-10-6-14(16)8(7)12-9/h5,10,14-15H,2-4,6H2,1H3. The molecule has 0 saturated heterocycles. The summed E-state index contributed by atoms with van der Waals surface area (Å²) in [6.45, 7) is 1.44. The summed E-state index contributed by atoms with van der Waals surface area (Å²) in [5, 5.41) is 23.4. The van der Waals surface area contributed by atoms with Gasteiger partial charge in [0.2, 0.25) is 11.8 Å². The second kappa shape index (κ2) is 4.71. The van der Waals surface area contributed by atoms with E-state index in [-0.39, 0.29) is 11.7 Å². The minimum atomic E-state index is -0.0118. The smallest absolute Gasteiger partial charge is 0.236 e. The van der Waals surface area contributed by atoms with Crippen molar-refractivity contribution in [2.24, 2.45) is 0 Å². The zero-order valence-corrected chi connectivity index (χ0v) is 9.10. The van der Waals surface area contributed by atoms with Crippen molar-refractivity contribution in [2.45, 2.75) is 6.54 Å². The van der Waals surface area contributed by atoms with Crippen LogP contribution in [0.2, 0.25) is 0 Å². The first-order chi connectivity index (χ1) is 7.72. The van der Waals surface area contributed by atoms with E-state index in [0.29, 0.717) is 31.5 Å². The molecule has 88 valence electrons. The van der Waals surface area contributed by atoms with Gasteiger partial charge in [-0.15, -0.1) is 0 Å². The molecule has 0 saturated carbocycles. The van der Waals surface area contributed by atoms with Crippen LogP contribution in [0.5, 0.6) is 0 Å². The molecular formula is C9H15N5O2. The molecule has 1 aromatic rings. The Balaban J connectivity index is 2.26. The Hall–Kier alpha value is -1.28. The van der Waals surface area contributed by atoms with E-state index in [1.807, 2.05) is 0 Å². The summed E-state index contributed by atoms with van der Waals surface area (Å²) in [5.74, 6) is 0.969. The van der Waals surface area contributed by atoms with E-state index in [9.17, 15) is 5.21 Å². The Morgan fingerprint density at radius 3 is 3.25 bits per heavy atom. The molecular weight excluding hydrogens is 210 g/mol. The van der Waals surface area contributed by atoms with Crippen LogP contribution in [0.1, 0.15) is 5.56 Å². The number of hydrogen-bond donors (Lipinski definition) is 3. The lowest BCUT2D eigenvalue weighted by atomic mass is 10.3. The van der Waals surface area contributed by atoms with Crippen LogP contribution in [0.25, 0.3) is 0 Å². The van der Waals surface area contributed by atoms with Gasteiger partial charge in [-0.05, 0) is 0 Å². The summed E-state index contributed by atoms with van der Waals surface area (Å²) < 4.78 is 0. The number of rotatable bonds is 3. The number of hydroxylamine groups is 1. The molecule has 3 N–H and O–H groups in total. The van der Waals surface area contributed by atoms with Crippen LogP contribution in [0.15, 0.2) is 6.20 Å². The number of aromatic nitrogens is 2. The summed E-state index contributed by atoms with van der Waals surface area (Å²) in [6.07, 6.45) is 1.66. The molecule has 0 fully saturated rings. The first-order valence-electron chi connectivity index (χ1n) is 5.14. The fourth-order valence-electron chi connectivity index (χ4n) is 1.60. The Kier molecular flexibility index (Phi) is 3.30. The van der Waals surface area contributed by atoms with Crippen molar-refractivity contribution >= 4 is 11.8 Å². The van der Waals surface area contributed by atoms with Gasteiger partial charge in [0.15, 0.2) is 0 Å². The van der Waals surface area contributed by atoms with Gasteiger partial charge in [0.25, 0.3) is 0 Å². The normalized spacial score (nSPS) is 19.3. The zero-order valence-electron chi connectivity index (χ0n) is 9.10. The highest BCUT2D eigenvalue weighted by molar-refractivity contribution is 5.39. The SMILES string of the molecule is CN(CCO)c1ncc2c(n1)[NH+]([O-])CNC2. The van der Waals surface area contributed by atoms with Crippen molar-refractivity contribution < 1.29 is 10.2 Å². The number of hydrogen-bond acceptors (Lipinski definition) is 6. The minimum Gasteiger partial charge on any atom is -0.627 e. The molecule has 2 heterocycles. The molecule has 0 radical (unpaired) electrons. The summed E-state index contributed by atoms with van der Waals surface area (Å²) in [6, 6.07) is 0. The van der Waals surface area contributed by atoms with Crippen molar-refractivity contribution in [3.8, 4) is 0 Å². The largest absolute Gasteiger partial charge is 0.627 e. The highest BCUT2D eigenvalue weighted by atomic mass is 16.5. The van der Waals surface area contributed by atoms with Crippen molar-refractivity contribution in [1.82, 2.24) is 15.3 Å². The number of aliphatic hydroxyl groups is 1. The Bertz CT molecular complexity index is 373. The number of nitrogens with zero attached hydrogens (tertiary/aromatic N) is 3. The van der Waals surface area contributed by atoms with Gasteiger partial charge in [-0.2, -0.15) is 4.98 Å². The highest BCUT2D eigenvalue weighted by Crippen LogP contribution is 2.13. The van der Waals surface area contributed by atoms with E-state index in [4.69, 9.17) is 5.11 Å². The van der Waals surface area contributed by atoms with E-state index in [1.54, 1.807) is 18.1 Å². The van der Waals surface area contributed by atoms with Gasteiger partial charge in [0.1, 0.15) is 6.67 Å². The first-order valence-corrected chi connectivity index (χ1v) is 5.14. The molecule has 0 bridgehead atoms. The van der Waals surface area contributed by atoms with Gasteiger partial charge < -0.3 is 20.3 Å². The molecule has 1 aliphatic heterocycles. The molecule has 0 aromatic carbocycles.